The first-order chi connectivity index (χ1) is 12.4. The van der Waals surface area contributed by atoms with Crippen LogP contribution in [-0.4, -0.2) is 45.8 Å². The molecule has 0 saturated carbocycles. The monoisotopic (exact) mass is 353 g/mol. The Bertz CT molecular complexity index is 885. The van der Waals surface area contributed by atoms with Crippen LogP contribution in [0.3, 0.4) is 0 Å². The lowest BCUT2D eigenvalue weighted by molar-refractivity contribution is -0.146. The highest BCUT2D eigenvalue weighted by atomic mass is 16.6. The summed E-state index contributed by atoms with van der Waals surface area (Å²) in [6.07, 6.45) is 1.07. The number of benzene rings is 1. The highest BCUT2D eigenvalue weighted by molar-refractivity contribution is 5.91. The summed E-state index contributed by atoms with van der Waals surface area (Å²) in [6, 6.07) is 9.92. The fraction of sp³-hybridized carbons (Fsp3) is 0.450. The number of oxime groups is 1. The van der Waals surface area contributed by atoms with Crippen LogP contribution in [0.5, 0.6) is 0 Å². The lowest BCUT2D eigenvalue weighted by Gasteiger charge is -2.39. The van der Waals surface area contributed by atoms with E-state index in [1.807, 2.05) is 44.2 Å². The number of hydrogen-bond donors (Lipinski definition) is 1. The van der Waals surface area contributed by atoms with Crippen LogP contribution in [0.15, 0.2) is 35.5 Å². The summed E-state index contributed by atoms with van der Waals surface area (Å²) >= 11 is 0. The number of hydrogen-bond acceptors (Lipinski definition) is 5. The number of rotatable bonds is 2. The molecule has 4 rings (SSSR count). The Balaban J connectivity index is 1.47. The molecule has 1 N–H and O–H groups in total. The SMILES string of the molecule is CC1=NO[C@H](C(=O)N2CCC(O)(c3ccc4nc(C)ccc4c3)CC2)C1. The van der Waals surface area contributed by atoms with Gasteiger partial charge in [0, 0.05) is 30.6 Å². The molecule has 0 unspecified atom stereocenters. The molecular weight excluding hydrogens is 330 g/mol. The normalized spacial score (nSPS) is 22.2. The standard InChI is InChI=1S/C20H23N3O3/c1-13-3-4-15-12-16(5-6-17(15)21-13)20(25)7-9-23(10-8-20)19(24)18-11-14(2)22-26-18/h3-6,12,18,25H,7-11H2,1-2H3/t18-/m0/s1. The average molecular weight is 353 g/mol. The van der Waals surface area contributed by atoms with E-state index < -0.39 is 11.7 Å². The molecule has 0 spiro atoms. The lowest BCUT2D eigenvalue weighted by atomic mass is 9.83. The maximum absolute atomic E-state index is 12.5. The second-order valence-corrected chi connectivity index (χ2v) is 7.34. The van der Waals surface area contributed by atoms with Crippen molar-refractivity contribution in [2.75, 3.05) is 13.1 Å². The van der Waals surface area contributed by atoms with Crippen molar-refractivity contribution in [2.45, 2.75) is 44.8 Å². The minimum absolute atomic E-state index is 0.0363. The van der Waals surface area contributed by atoms with Gasteiger partial charge in [0.15, 0.2) is 0 Å². The van der Waals surface area contributed by atoms with Gasteiger partial charge < -0.3 is 14.8 Å². The molecule has 0 aliphatic carbocycles. The molecule has 1 saturated heterocycles. The third-order valence-electron chi connectivity index (χ3n) is 5.36. The molecule has 26 heavy (non-hydrogen) atoms. The molecule has 2 aliphatic heterocycles. The molecule has 136 valence electrons. The van der Waals surface area contributed by atoms with Crippen LogP contribution in [0.1, 0.15) is 37.4 Å². The molecule has 0 radical (unpaired) electrons. The number of pyridine rings is 1. The molecule has 6 nitrogen and oxygen atoms in total. The van der Waals surface area contributed by atoms with Crippen molar-refractivity contribution in [2.24, 2.45) is 5.16 Å². The fourth-order valence-electron chi connectivity index (χ4n) is 3.74. The van der Waals surface area contributed by atoms with Gasteiger partial charge in [-0.3, -0.25) is 9.78 Å². The van der Waals surface area contributed by atoms with Crippen molar-refractivity contribution in [1.82, 2.24) is 9.88 Å². The van der Waals surface area contributed by atoms with Gasteiger partial charge in [-0.2, -0.15) is 0 Å². The predicted molar refractivity (Wildman–Crippen MR) is 98.8 cm³/mol. The molecule has 2 aliphatic rings. The Kier molecular flexibility index (Phi) is 4.15. The van der Waals surface area contributed by atoms with Crippen molar-refractivity contribution in [1.29, 1.82) is 0 Å². The van der Waals surface area contributed by atoms with Gasteiger partial charge in [-0.25, -0.2) is 0 Å². The van der Waals surface area contributed by atoms with Crippen LogP contribution in [0.4, 0.5) is 0 Å². The van der Waals surface area contributed by atoms with Gasteiger partial charge in [-0.05, 0) is 50.5 Å². The fourth-order valence-corrected chi connectivity index (χ4v) is 3.74. The number of amides is 1. The van der Waals surface area contributed by atoms with E-state index in [0.717, 1.165) is 27.9 Å². The molecule has 0 bridgehead atoms. The number of carbonyl (C=O) groups excluding carboxylic acids is 1. The first kappa shape index (κ1) is 17.0. The molecule has 1 amide bonds. The van der Waals surface area contributed by atoms with Crippen molar-refractivity contribution >= 4 is 22.5 Å². The third kappa shape index (κ3) is 3.05. The average Bonchev–Trinajstić information content (AvgIpc) is 3.07. The van der Waals surface area contributed by atoms with E-state index in [-0.39, 0.29) is 5.91 Å². The second-order valence-electron chi connectivity index (χ2n) is 7.34. The van der Waals surface area contributed by atoms with Crippen molar-refractivity contribution in [3.8, 4) is 0 Å². The van der Waals surface area contributed by atoms with E-state index in [4.69, 9.17) is 4.84 Å². The number of nitrogens with zero attached hydrogens (tertiary/aromatic N) is 3. The van der Waals surface area contributed by atoms with Gasteiger partial charge in [0.1, 0.15) is 0 Å². The molecule has 6 heteroatoms. The van der Waals surface area contributed by atoms with E-state index in [1.54, 1.807) is 4.90 Å². The van der Waals surface area contributed by atoms with E-state index in [2.05, 4.69) is 10.1 Å². The maximum Gasteiger partial charge on any atom is 0.266 e. The second kappa shape index (κ2) is 6.36. The number of likely N-dealkylation sites (tertiary alicyclic amines) is 1. The predicted octanol–water partition coefficient (Wildman–Crippen LogP) is 2.52. The zero-order chi connectivity index (χ0) is 18.3. The Morgan fingerprint density at radius 2 is 2.00 bits per heavy atom. The lowest BCUT2D eigenvalue weighted by Crippen LogP contribution is -2.48. The van der Waals surface area contributed by atoms with Gasteiger partial charge in [0.2, 0.25) is 6.10 Å². The van der Waals surface area contributed by atoms with E-state index in [1.165, 1.54) is 0 Å². The van der Waals surface area contributed by atoms with Gasteiger partial charge in [0.05, 0.1) is 16.8 Å². The van der Waals surface area contributed by atoms with Crippen molar-refractivity contribution < 1.29 is 14.7 Å². The van der Waals surface area contributed by atoms with Crippen molar-refractivity contribution in [3.63, 3.8) is 0 Å². The topological polar surface area (TPSA) is 75.0 Å². The molecule has 1 fully saturated rings. The highest BCUT2D eigenvalue weighted by Gasteiger charge is 2.38. The summed E-state index contributed by atoms with van der Waals surface area (Å²) in [7, 11) is 0. The summed E-state index contributed by atoms with van der Waals surface area (Å²) in [6.45, 7) is 4.85. The third-order valence-corrected chi connectivity index (χ3v) is 5.36. The number of aryl methyl sites for hydroxylation is 1. The summed E-state index contributed by atoms with van der Waals surface area (Å²) in [5, 5.41) is 16.0. The van der Waals surface area contributed by atoms with E-state index in [9.17, 15) is 9.90 Å². The minimum Gasteiger partial charge on any atom is -0.385 e. The molecule has 3 heterocycles. The van der Waals surface area contributed by atoms with E-state index >= 15 is 0 Å². The summed E-state index contributed by atoms with van der Waals surface area (Å²) in [5.74, 6) is -0.0363. The Labute approximate surface area is 152 Å². The van der Waals surface area contributed by atoms with Gasteiger partial charge in [-0.15, -0.1) is 0 Å². The first-order valence-corrected chi connectivity index (χ1v) is 9.03. The molecule has 2 aromatic rings. The Hall–Kier alpha value is -2.47. The number of aliphatic hydroxyl groups is 1. The molecule has 1 aromatic heterocycles. The quantitative estimate of drug-likeness (QED) is 0.900. The number of aromatic nitrogens is 1. The number of fused-ring (bicyclic) bond motifs is 1. The molecular formula is C20H23N3O3. The zero-order valence-corrected chi connectivity index (χ0v) is 15.1. The highest BCUT2D eigenvalue weighted by Crippen LogP contribution is 2.34. The van der Waals surface area contributed by atoms with Crippen LogP contribution in [-0.2, 0) is 15.2 Å². The van der Waals surface area contributed by atoms with Gasteiger partial charge in [-0.1, -0.05) is 17.3 Å². The van der Waals surface area contributed by atoms with E-state index in [0.29, 0.717) is 32.4 Å². The van der Waals surface area contributed by atoms with Gasteiger partial charge in [0.25, 0.3) is 5.91 Å². The largest absolute Gasteiger partial charge is 0.385 e. The molecule has 1 aromatic carbocycles. The zero-order valence-electron chi connectivity index (χ0n) is 15.1. The first-order valence-electron chi connectivity index (χ1n) is 9.03. The van der Waals surface area contributed by atoms with Gasteiger partial charge >= 0.3 is 0 Å². The van der Waals surface area contributed by atoms with Crippen LogP contribution in [0.25, 0.3) is 10.9 Å². The molecule has 1 atom stereocenters. The van der Waals surface area contributed by atoms with Crippen LogP contribution < -0.4 is 0 Å². The van der Waals surface area contributed by atoms with Crippen LogP contribution in [0, 0.1) is 6.92 Å². The number of piperidine rings is 1. The van der Waals surface area contributed by atoms with Crippen LogP contribution >= 0.6 is 0 Å². The smallest absolute Gasteiger partial charge is 0.266 e. The minimum atomic E-state index is -0.918. The Morgan fingerprint density at radius 3 is 2.69 bits per heavy atom. The summed E-state index contributed by atoms with van der Waals surface area (Å²) in [4.78, 5) is 24.0. The van der Waals surface area contributed by atoms with Crippen LogP contribution in [0.2, 0.25) is 0 Å². The Morgan fingerprint density at radius 1 is 1.23 bits per heavy atom. The van der Waals surface area contributed by atoms with Crippen molar-refractivity contribution in [3.05, 3.63) is 41.6 Å². The number of carbonyl (C=O) groups is 1. The summed E-state index contributed by atoms with van der Waals surface area (Å²) < 4.78 is 0. The summed E-state index contributed by atoms with van der Waals surface area (Å²) in [5.41, 5.74) is 2.72. The maximum atomic E-state index is 12.5.